The van der Waals surface area contributed by atoms with Gasteiger partial charge in [0, 0.05) is 36.2 Å². The predicted octanol–water partition coefficient (Wildman–Crippen LogP) is 4.93. The maximum atomic E-state index is 13.0. The largest absolute Gasteiger partial charge is 0.382 e. The number of halogens is 2. The Kier molecular flexibility index (Phi) is 7.29. The molecule has 3 rings (SSSR count). The van der Waals surface area contributed by atoms with Crippen molar-refractivity contribution < 1.29 is 4.74 Å². The topological polar surface area (TPSA) is 57.0 Å². The summed E-state index contributed by atoms with van der Waals surface area (Å²) in [5.74, 6) is 0.655. The number of nitrogens with zero attached hydrogens (tertiary/aromatic N) is 3. The molecule has 1 aromatic carbocycles. The van der Waals surface area contributed by atoms with Crippen LogP contribution in [0.1, 0.15) is 18.9 Å². The maximum absolute atomic E-state index is 13.0. The maximum Gasteiger partial charge on any atom is 0.262 e. The molecule has 2 aromatic heterocycles. The van der Waals surface area contributed by atoms with E-state index in [9.17, 15) is 4.79 Å². The molecule has 0 fully saturated rings. The number of pyridine rings is 1. The normalized spacial score (nSPS) is 11.2. The zero-order valence-corrected chi connectivity index (χ0v) is 18.0. The summed E-state index contributed by atoms with van der Waals surface area (Å²) in [6.07, 6.45) is 2.43. The molecule has 0 radical (unpaired) electrons. The smallest absolute Gasteiger partial charge is 0.262 e. The van der Waals surface area contributed by atoms with E-state index in [0.29, 0.717) is 46.7 Å². The molecule has 27 heavy (non-hydrogen) atoms. The van der Waals surface area contributed by atoms with E-state index in [1.54, 1.807) is 10.8 Å². The molecule has 5 nitrogen and oxygen atoms in total. The minimum absolute atomic E-state index is 0.0342. The Morgan fingerprint density at radius 1 is 1.30 bits per heavy atom. The van der Waals surface area contributed by atoms with E-state index < -0.39 is 0 Å². The highest BCUT2D eigenvalue weighted by molar-refractivity contribution is 9.10. The Morgan fingerprint density at radius 3 is 2.93 bits per heavy atom. The van der Waals surface area contributed by atoms with Crippen LogP contribution in [0.25, 0.3) is 10.9 Å². The van der Waals surface area contributed by atoms with E-state index in [4.69, 9.17) is 21.3 Å². The van der Waals surface area contributed by atoms with E-state index in [1.807, 2.05) is 37.3 Å². The Hall–Kier alpha value is -1.41. The van der Waals surface area contributed by atoms with Crippen molar-refractivity contribution in [3.8, 4) is 0 Å². The van der Waals surface area contributed by atoms with Crippen LogP contribution in [0, 0.1) is 0 Å². The van der Waals surface area contributed by atoms with Gasteiger partial charge in [0.15, 0.2) is 5.16 Å². The van der Waals surface area contributed by atoms with Crippen molar-refractivity contribution in [2.24, 2.45) is 0 Å². The van der Waals surface area contributed by atoms with Gasteiger partial charge in [-0.05, 0) is 49.2 Å². The zero-order chi connectivity index (χ0) is 19.2. The van der Waals surface area contributed by atoms with E-state index >= 15 is 0 Å². The molecule has 0 N–H and O–H groups in total. The summed E-state index contributed by atoms with van der Waals surface area (Å²) in [6.45, 7) is 3.81. The highest BCUT2D eigenvalue weighted by Crippen LogP contribution is 2.24. The first kappa shape index (κ1) is 20.3. The van der Waals surface area contributed by atoms with Crippen LogP contribution in [0.2, 0.25) is 5.15 Å². The Balaban J connectivity index is 1.92. The molecule has 142 valence electrons. The molecule has 0 spiro atoms. The molecule has 3 aromatic rings. The second-order valence-corrected chi connectivity index (χ2v) is 8.08. The fourth-order valence-corrected chi connectivity index (χ4v) is 4.16. The molecule has 8 heteroatoms. The first-order chi connectivity index (χ1) is 13.1. The van der Waals surface area contributed by atoms with Gasteiger partial charge in [-0.15, -0.1) is 0 Å². The summed E-state index contributed by atoms with van der Waals surface area (Å²) >= 11 is 10.9. The zero-order valence-electron chi connectivity index (χ0n) is 14.8. The van der Waals surface area contributed by atoms with E-state index in [-0.39, 0.29) is 5.56 Å². The molecule has 0 bridgehead atoms. The van der Waals surface area contributed by atoms with Crippen molar-refractivity contribution in [1.82, 2.24) is 14.5 Å². The highest BCUT2D eigenvalue weighted by Gasteiger charge is 2.12. The second-order valence-electron chi connectivity index (χ2n) is 5.84. The van der Waals surface area contributed by atoms with Gasteiger partial charge in [-0.2, -0.15) is 0 Å². The summed E-state index contributed by atoms with van der Waals surface area (Å²) < 4.78 is 8.01. The molecule has 0 saturated heterocycles. The van der Waals surface area contributed by atoms with Crippen molar-refractivity contribution in [3.63, 3.8) is 0 Å². The summed E-state index contributed by atoms with van der Waals surface area (Å²) in [5.41, 5.74) is 1.69. The molecule has 2 heterocycles. The molecule has 0 aliphatic carbocycles. The highest BCUT2D eigenvalue weighted by atomic mass is 79.9. The number of fused-ring (bicyclic) bond motifs is 1. The third kappa shape index (κ3) is 5.31. The Labute approximate surface area is 175 Å². The third-order valence-corrected chi connectivity index (χ3v) is 5.66. The summed E-state index contributed by atoms with van der Waals surface area (Å²) in [4.78, 5) is 21.8. The fourth-order valence-electron chi connectivity index (χ4n) is 2.63. The number of hydrogen-bond acceptors (Lipinski definition) is 5. The molecule has 0 unspecified atom stereocenters. The van der Waals surface area contributed by atoms with Crippen LogP contribution in [0.3, 0.4) is 0 Å². The van der Waals surface area contributed by atoms with Crippen LogP contribution in [0.5, 0.6) is 0 Å². The minimum atomic E-state index is -0.0342. The number of thioether (sulfide) groups is 1. The first-order valence-electron chi connectivity index (χ1n) is 8.59. The number of benzene rings is 1. The fraction of sp³-hybridized carbons (Fsp3) is 0.316. The van der Waals surface area contributed by atoms with Gasteiger partial charge in [0.1, 0.15) is 5.15 Å². The molecule has 0 aliphatic heterocycles. The van der Waals surface area contributed by atoms with Gasteiger partial charge in [0.25, 0.3) is 5.56 Å². The van der Waals surface area contributed by atoms with Gasteiger partial charge in [0.05, 0.1) is 10.9 Å². The molecule has 0 atom stereocenters. The quantitative estimate of drug-likeness (QED) is 0.203. The van der Waals surface area contributed by atoms with Crippen LogP contribution >= 0.6 is 39.3 Å². The predicted molar refractivity (Wildman–Crippen MR) is 114 cm³/mol. The van der Waals surface area contributed by atoms with Crippen molar-refractivity contribution >= 4 is 50.2 Å². The number of hydrogen-bond donors (Lipinski definition) is 0. The van der Waals surface area contributed by atoms with Gasteiger partial charge < -0.3 is 4.74 Å². The van der Waals surface area contributed by atoms with Gasteiger partial charge in [0.2, 0.25) is 0 Å². The number of aromatic nitrogens is 3. The lowest BCUT2D eigenvalue weighted by molar-refractivity contribution is 0.140. The average Bonchev–Trinajstić information content (AvgIpc) is 2.66. The molecule has 0 saturated carbocycles. The standard InChI is InChI=1S/C19H19BrClN3O2S/c1-2-26-9-3-8-24-18(25)15-11-14(20)4-5-16(15)23-19(24)27-12-13-6-7-22-17(21)10-13/h4-7,10-11H,2-3,8-9,12H2,1H3. The third-order valence-electron chi connectivity index (χ3n) is 3.91. The van der Waals surface area contributed by atoms with Gasteiger partial charge >= 0.3 is 0 Å². The Morgan fingerprint density at radius 2 is 2.15 bits per heavy atom. The van der Waals surface area contributed by atoms with Gasteiger partial charge in [-0.1, -0.05) is 39.3 Å². The molecule has 0 amide bonds. The van der Waals surface area contributed by atoms with E-state index in [1.165, 1.54) is 11.8 Å². The van der Waals surface area contributed by atoms with Crippen LogP contribution in [-0.4, -0.2) is 27.7 Å². The minimum Gasteiger partial charge on any atom is -0.382 e. The lowest BCUT2D eigenvalue weighted by atomic mass is 10.2. The van der Waals surface area contributed by atoms with Gasteiger partial charge in [-0.25, -0.2) is 9.97 Å². The molecule has 0 aliphatic rings. The SMILES string of the molecule is CCOCCCn1c(SCc2ccnc(Cl)c2)nc2ccc(Br)cc2c1=O. The van der Waals surface area contributed by atoms with Crippen molar-refractivity contribution in [3.05, 3.63) is 62.1 Å². The first-order valence-corrected chi connectivity index (χ1v) is 10.7. The number of rotatable bonds is 8. The summed E-state index contributed by atoms with van der Waals surface area (Å²) in [5, 5.41) is 1.76. The summed E-state index contributed by atoms with van der Waals surface area (Å²) in [6, 6.07) is 9.31. The second kappa shape index (κ2) is 9.68. The lowest BCUT2D eigenvalue weighted by Gasteiger charge is -2.13. The van der Waals surface area contributed by atoms with Crippen LogP contribution in [0.15, 0.2) is 51.0 Å². The number of ether oxygens (including phenoxy) is 1. The molecular weight excluding hydrogens is 450 g/mol. The van der Waals surface area contributed by atoms with E-state index in [0.717, 1.165) is 16.5 Å². The average molecular weight is 469 g/mol. The van der Waals surface area contributed by atoms with Crippen LogP contribution in [-0.2, 0) is 17.0 Å². The molecular formula is C19H19BrClN3O2S. The van der Waals surface area contributed by atoms with E-state index in [2.05, 4.69) is 20.9 Å². The van der Waals surface area contributed by atoms with Crippen molar-refractivity contribution in [2.75, 3.05) is 13.2 Å². The monoisotopic (exact) mass is 467 g/mol. The summed E-state index contributed by atoms with van der Waals surface area (Å²) in [7, 11) is 0. The van der Waals surface area contributed by atoms with Crippen molar-refractivity contribution in [2.45, 2.75) is 30.8 Å². The Bertz CT molecular complexity index is 996. The van der Waals surface area contributed by atoms with Crippen LogP contribution < -0.4 is 5.56 Å². The van der Waals surface area contributed by atoms with Crippen LogP contribution in [0.4, 0.5) is 0 Å². The lowest BCUT2D eigenvalue weighted by Crippen LogP contribution is -2.24. The van der Waals surface area contributed by atoms with Gasteiger partial charge in [-0.3, -0.25) is 9.36 Å². The van der Waals surface area contributed by atoms with Crippen molar-refractivity contribution in [1.29, 1.82) is 0 Å².